The van der Waals surface area contributed by atoms with Gasteiger partial charge in [-0.25, -0.2) is 0 Å². The summed E-state index contributed by atoms with van der Waals surface area (Å²) in [6.45, 7) is 4.00. The van der Waals surface area contributed by atoms with E-state index in [9.17, 15) is 4.79 Å². The molecule has 3 rings (SSSR count). The Labute approximate surface area is 95.4 Å². The van der Waals surface area contributed by atoms with E-state index in [1.807, 2.05) is 29.2 Å². The van der Waals surface area contributed by atoms with Crippen LogP contribution >= 0.6 is 0 Å². The molecule has 2 aliphatic rings. The van der Waals surface area contributed by atoms with Gasteiger partial charge in [0.1, 0.15) is 0 Å². The van der Waals surface area contributed by atoms with Gasteiger partial charge >= 0.3 is 0 Å². The van der Waals surface area contributed by atoms with E-state index < -0.39 is 0 Å². The Hall–Kier alpha value is -1.51. The van der Waals surface area contributed by atoms with E-state index in [1.54, 1.807) is 0 Å². The lowest BCUT2D eigenvalue weighted by Crippen LogP contribution is -2.36. The molecule has 2 atom stereocenters. The second kappa shape index (κ2) is 3.51. The van der Waals surface area contributed by atoms with E-state index in [2.05, 4.69) is 12.2 Å². The van der Waals surface area contributed by atoms with Gasteiger partial charge in [-0.1, -0.05) is 19.1 Å². The van der Waals surface area contributed by atoms with Crippen molar-refractivity contribution in [3.8, 4) is 0 Å². The minimum atomic E-state index is 0.190. The number of nitrogens with one attached hydrogen (secondary N) is 1. The summed E-state index contributed by atoms with van der Waals surface area (Å²) >= 11 is 0. The summed E-state index contributed by atoms with van der Waals surface area (Å²) in [6.07, 6.45) is 1.12. The molecule has 1 amide bonds. The Kier molecular flexibility index (Phi) is 2.13. The predicted molar refractivity (Wildman–Crippen MR) is 63.5 cm³/mol. The zero-order valence-electron chi connectivity index (χ0n) is 9.44. The molecule has 0 saturated carbocycles. The van der Waals surface area contributed by atoms with Gasteiger partial charge in [-0.05, 0) is 24.5 Å². The van der Waals surface area contributed by atoms with Crippen LogP contribution in [0.3, 0.4) is 0 Å². The SMILES string of the molecule is C[C@H]1CC2CNc3ccccc3C(=O)N2C1. The first-order chi connectivity index (χ1) is 7.75. The van der Waals surface area contributed by atoms with Crippen molar-refractivity contribution < 1.29 is 4.79 Å². The van der Waals surface area contributed by atoms with E-state index >= 15 is 0 Å². The van der Waals surface area contributed by atoms with Crippen LogP contribution in [0.15, 0.2) is 24.3 Å². The molecule has 1 N–H and O–H groups in total. The molecular weight excluding hydrogens is 200 g/mol. The van der Waals surface area contributed by atoms with Crippen LogP contribution in [0, 0.1) is 5.92 Å². The number of carbonyl (C=O) groups is 1. The molecular formula is C13H16N2O. The molecule has 1 unspecified atom stereocenters. The number of amides is 1. The molecule has 16 heavy (non-hydrogen) atoms. The normalized spacial score (nSPS) is 28.1. The van der Waals surface area contributed by atoms with Crippen molar-refractivity contribution in [2.75, 3.05) is 18.4 Å². The number of rotatable bonds is 0. The summed E-state index contributed by atoms with van der Waals surface area (Å²) in [7, 11) is 0. The van der Waals surface area contributed by atoms with Gasteiger partial charge in [0.05, 0.1) is 5.56 Å². The van der Waals surface area contributed by atoms with Gasteiger partial charge in [0.15, 0.2) is 0 Å². The van der Waals surface area contributed by atoms with Crippen LogP contribution in [0.5, 0.6) is 0 Å². The number of nitrogens with zero attached hydrogens (tertiary/aromatic N) is 1. The third-order valence-corrected chi connectivity index (χ3v) is 3.57. The highest BCUT2D eigenvalue weighted by Crippen LogP contribution is 2.30. The van der Waals surface area contributed by atoms with Gasteiger partial charge in [0, 0.05) is 24.8 Å². The lowest BCUT2D eigenvalue weighted by Gasteiger charge is -2.21. The highest BCUT2D eigenvalue weighted by atomic mass is 16.2. The first-order valence-electron chi connectivity index (χ1n) is 5.89. The Bertz CT molecular complexity index is 430. The van der Waals surface area contributed by atoms with Crippen LogP contribution in [0.4, 0.5) is 5.69 Å². The van der Waals surface area contributed by atoms with Gasteiger partial charge in [-0.3, -0.25) is 4.79 Å². The number of carbonyl (C=O) groups excluding carboxylic acids is 1. The monoisotopic (exact) mass is 216 g/mol. The molecule has 0 aliphatic carbocycles. The zero-order valence-corrected chi connectivity index (χ0v) is 9.44. The molecule has 1 aromatic carbocycles. The summed E-state index contributed by atoms with van der Waals surface area (Å²) < 4.78 is 0. The van der Waals surface area contributed by atoms with E-state index in [0.717, 1.165) is 30.8 Å². The Morgan fingerprint density at radius 2 is 2.19 bits per heavy atom. The number of anilines is 1. The molecule has 0 radical (unpaired) electrons. The molecule has 84 valence electrons. The fraction of sp³-hybridized carbons (Fsp3) is 0.462. The highest BCUT2D eigenvalue weighted by Gasteiger charge is 2.36. The molecule has 1 saturated heterocycles. The molecule has 1 fully saturated rings. The fourth-order valence-electron chi connectivity index (χ4n) is 2.80. The second-order valence-electron chi connectivity index (χ2n) is 4.88. The lowest BCUT2D eigenvalue weighted by molar-refractivity contribution is 0.0746. The summed E-state index contributed by atoms with van der Waals surface area (Å²) in [6, 6.07) is 8.17. The molecule has 2 heterocycles. The largest absolute Gasteiger partial charge is 0.382 e. The Balaban J connectivity index is 2.00. The maximum Gasteiger partial charge on any atom is 0.256 e. The average Bonchev–Trinajstić information content (AvgIpc) is 2.62. The molecule has 0 aromatic heterocycles. The van der Waals surface area contributed by atoms with Crippen LogP contribution in [0.1, 0.15) is 23.7 Å². The molecule has 2 aliphatic heterocycles. The van der Waals surface area contributed by atoms with Crippen LogP contribution in [0.2, 0.25) is 0 Å². The van der Waals surface area contributed by atoms with Crippen LogP contribution < -0.4 is 5.32 Å². The van der Waals surface area contributed by atoms with Gasteiger partial charge in [0.2, 0.25) is 0 Å². The molecule has 3 heteroatoms. The van der Waals surface area contributed by atoms with Crippen molar-refractivity contribution in [1.82, 2.24) is 4.90 Å². The van der Waals surface area contributed by atoms with Crippen molar-refractivity contribution in [3.63, 3.8) is 0 Å². The zero-order chi connectivity index (χ0) is 11.1. The average molecular weight is 216 g/mol. The standard InChI is InChI=1S/C13H16N2O/c1-9-6-10-7-14-12-5-3-2-4-11(12)13(16)15(10)8-9/h2-5,9-10,14H,6-8H2,1H3/t9-,10?/m0/s1. The number of para-hydroxylation sites is 1. The van der Waals surface area contributed by atoms with Crippen LogP contribution in [-0.4, -0.2) is 29.9 Å². The van der Waals surface area contributed by atoms with E-state index in [0.29, 0.717) is 12.0 Å². The minimum Gasteiger partial charge on any atom is -0.382 e. The van der Waals surface area contributed by atoms with E-state index in [4.69, 9.17) is 0 Å². The number of fused-ring (bicyclic) bond motifs is 2. The summed E-state index contributed by atoms with van der Waals surface area (Å²) in [5, 5.41) is 3.38. The molecule has 0 bridgehead atoms. The summed E-state index contributed by atoms with van der Waals surface area (Å²) in [5.74, 6) is 0.816. The first kappa shape index (κ1) is 9.70. The smallest absolute Gasteiger partial charge is 0.256 e. The minimum absolute atomic E-state index is 0.190. The van der Waals surface area contributed by atoms with Crippen molar-refractivity contribution >= 4 is 11.6 Å². The van der Waals surface area contributed by atoms with Crippen LogP contribution in [0.25, 0.3) is 0 Å². The van der Waals surface area contributed by atoms with E-state index in [1.165, 1.54) is 0 Å². The molecule has 0 spiro atoms. The molecule has 1 aromatic rings. The Morgan fingerprint density at radius 3 is 3.06 bits per heavy atom. The van der Waals surface area contributed by atoms with E-state index in [-0.39, 0.29) is 5.91 Å². The lowest BCUT2D eigenvalue weighted by atomic mass is 10.1. The Morgan fingerprint density at radius 1 is 1.38 bits per heavy atom. The van der Waals surface area contributed by atoms with Crippen molar-refractivity contribution in [3.05, 3.63) is 29.8 Å². The maximum absolute atomic E-state index is 12.3. The number of hydrogen-bond acceptors (Lipinski definition) is 2. The summed E-state index contributed by atoms with van der Waals surface area (Å²) in [5.41, 5.74) is 1.80. The van der Waals surface area contributed by atoms with Crippen molar-refractivity contribution in [2.24, 2.45) is 5.92 Å². The van der Waals surface area contributed by atoms with Crippen molar-refractivity contribution in [1.29, 1.82) is 0 Å². The molecule has 3 nitrogen and oxygen atoms in total. The summed E-state index contributed by atoms with van der Waals surface area (Å²) in [4.78, 5) is 14.4. The number of hydrogen-bond donors (Lipinski definition) is 1. The quantitative estimate of drug-likeness (QED) is 0.719. The van der Waals surface area contributed by atoms with Crippen LogP contribution in [-0.2, 0) is 0 Å². The second-order valence-corrected chi connectivity index (χ2v) is 4.88. The topological polar surface area (TPSA) is 32.3 Å². The fourth-order valence-corrected chi connectivity index (χ4v) is 2.80. The van der Waals surface area contributed by atoms with Gasteiger partial charge in [-0.15, -0.1) is 0 Å². The third-order valence-electron chi connectivity index (χ3n) is 3.57. The number of benzene rings is 1. The van der Waals surface area contributed by atoms with Gasteiger partial charge in [0.25, 0.3) is 5.91 Å². The predicted octanol–water partition coefficient (Wildman–Crippen LogP) is 1.96. The maximum atomic E-state index is 12.3. The van der Waals surface area contributed by atoms with Gasteiger partial charge < -0.3 is 10.2 Å². The first-order valence-corrected chi connectivity index (χ1v) is 5.89. The third kappa shape index (κ3) is 1.39. The highest BCUT2D eigenvalue weighted by molar-refractivity contribution is 6.00. The van der Waals surface area contributed by atoms with Gasteiger partial charge in [-0.2, -0.15) is 0 Å². The van der Waals surface area contributed by atoms with Crippen molar-refractivity contribution in [2.45, 2.75) is 19.4 Å².